The SMILES string of the molecule is [2H]CC(=O)[O][Pb][O]C(=O)C[2H]. The van der Waals surface area contributed by atoms with E-state index in [1.54, 1.807) is 0 Å². The number of hydrogen-bond acceptors (Lipinski definition) is 4. The second-order valence-corrected chi connectivity index (χ2v) is 3.27. The van der Waals surface area contributed by atoms with Crippen molar-refractivity contribution >= 4 is 37.1 Å². The van der Waals surface area contributed by atoms with E-state index in [2.05, 4.69) is 5.37 Å². The summed E-state index contributed by atoms with van der Waals surface area (Å²) in [5, 5.41) is 0. The monoisotopic (exact) mass is 328 g/mol. The molecule has 50 valence electrons. The molecule has 0 aliphatic heterocycles. The first-order valence-electron chi connectivity index (χ1n) is 3.35. The zero-order valence-corrected chi connectivity index (χ0v) is 8.43. The summed E-state index contributed by atoms with van der Waals surface area (Å²) in [4.78, 5) is 20.6. The number of carbonyl (C=O) groups is 2. The number of rotatable bonds is 2. The second kappa shape index (κ2) is 4.71. The molecule has 0 fully saturated rings. The molecule has 0 aromatic carbocycles. The first kappa shape index (κ1) is 5.63. The Morgan fingerprint density at radius 2 is 1.78 bits per heavy atom. The number of carbonyl (C=O) groups excluding carboxylic acids is 2. The van der Waals surface area contributed by atoms with Crippen molar-refractivity contribution in [1.82, 2.24) is 0 Å². The maximum atomic E-state index is 10.3. The van der Waals surface area contributed by atoms with E-state index in [9.17, 15) is 9.59 Å². The molecule has 0 saturated heterocycles. The van der Waals surface area contributed by atoms with Gasteiger partial charge >= 0.3 is 68.6 Å². The molecule has 0 amide bonds. The molecule has 2 radical (unpaired) electrons. The molecule has 9 heavy (non-hydrogen) atoms. The Morgan fingerprint density at radius 3 is 2.11 bits per heavy atom. The minimum absolute atomic E-state index is 0.453. The van der Waals surface area contributed by atoms with Crippen molar-refractivity contribution in [3.05, 3.63) is 0 Å². The van der Waals surface area contributed by atoms with Crippen LogP contribution in [0.5, 0.6) is 0 Å². The van der Waals surface area contributed by atoms with Gasteiger partial charge in [-0.05, 0) is 0 Å². The van der Waals surface area contributed by atoms with E-state index in [-0.39, 0.29) is 0 Å². The summed E-state index contributed by atoms with van der Waals surface area (Å²) in [6.45, 7) is -0.906. The first-order valence-corrected chi connectivity index (χ1v) is 5.11. The Hall–Kier alpha value is -0.138. The van der Waals surface area contributed by atoms with Crippen LogP contribution in [0.3, 0.4) is 0 Å². The van der Waals surface area contributed by atoms with E-state index in [0.717, 1.165) is 0 Å². The average Bonchev–Trinajstić information content (AvgIpc) is 2.04. The van der Waals surface area contributed by atoms with Crippen LogP contribution < -0.4 is 0 Å². The fraction of sp³-hybridized carbons (Fsp3) is 0.500. The zero-order chi connectivity index (χ0) is 8.69. The van der Waals surface area contributed by atoms with Crippen LogP contribution in [-0.2, 0) is 15.0 Å². The van der Waals surface area contributed by atoms with E-state index in [1.807, 2.05) is 0 Å². The summed E-state index contributed by atoms with van der Waals surface area (Å²) in [5.74, 6) is -1.35. The summed E-state index contributed by atoms with van der Waals surface area (Å²) in [5.41, 5.74) is 0. The van der Waals surface area contributed by atoms with Gasteiger partial charge in [0, 0.05) is 0 Å². The van der Waals surface area contributed by atoms with Crippen molar-refractivity contribution in [2.75, 3.05) is 0 Å². The van der Waals surface area contributed by atoms with Crippen molar-refractivity contribution < 1.29 is 17.7 Å². The molecule has 0 saturated carbocycles. The normalized spacial score (nSPS) is 11.1. The Labute approximate surface area is 68.8 Å². The summed E-state index contributed by atoms with van der Waals surface area (Å²) >= 11 is -2.10. The molecule has 0 aromatic rings. The first-order chi connectivity index (χ1) is 5.20. The molecule has 0 spiro atoms. The van der Waals surface area contributed by atoms with Gasteiger partial charge in [0.2, 0.25) is 0 Å². The summed E-state index contributed by atoms with van der Waals surface area (Å²) < 4.78 is 21.8. The van der Waals surface area contributed by atoms with Gasteiger partial charge < -0.3 is 0 Å². The van der Waals surface area contributed by atoms with Crippen molar-refractivity contribution in [1.29, 1.82) is 0 Å². The number of hydrogen-bond donors (Lipinski definition) is 0. The fourth-order valence-corrected chi connectivity index (χ4v) is 0.998. The van der Waals surface area contributed by atoms with E-state index >= 15 is 0 Å². The Balaban J connectivity index is 3.27. The summed E-state index contributed by atoms with van der Waals surface area (Å²) in [6.07, 6.45) is 0. The van der Waals surface area contributed by atoms with Crippen molar-refractivity contribution in [2.45, 2.75) is 13.8 Å². The molecule has 4 nitrogen and oxygen atoms in total. The Bertz CT molecular complexity index is 135. The van der Waals surface area contributed by atoms with Gasteiger partial charge in [0.15, 0.2) is 0 Å². The third-order valence-electron chi connectivity index (χ3n) is 0.311. The van der Waals surface area contributed by atoms with Gasteiger partial charge in [-0.3, -0.25) is 0 Å². The molecule has 0 heterocycles. The van der Waals surface area contributed by atoms with E-state index in [0.29, 0.717) is 0 Å². The van der Waals surface area contributed by atoms with Gasteiger partial charge in [-0.2, -0.15) is 0 Å². The van der Waals surface area contributed by atoms with Gasteiger partial charge in [-0.15, -0.1) is 0 Å². The molecule has 5 heteroatoms. The molecule has 0 aliphatic carbocycles. The third-order valence-corrected chi connectivity index (χ3v) is 2.73. The van der Waals surface area contributed by atoms with Crippen LogP contribution in [0, 0.1) is 0 Å². The third kappa shape index (κ3) is 7.86. The van der Waals surface area contributed by atoms with Crippen LogP contribution in [0.15, 0.2) is 0 Å². The van der Waals surface area contributed by atoms with Gasteiger partial charge in [0.1, 0.15) is 0 Å². The average molecular weight is 327 g/mol. The Kier molecular flexibility index (Phi) is 2.95. The fourth-order valence-electron chi connectivity index (χ4n) is 0.114. The molecular weight excluding hydrogens is 319 g/mol. The minimum atomic E-state index is -2.10. The molecule has 0 atom stereocenters. The molecule has 0 N–H and O–H groups in total. The second-order valence-electron chi connectivity index (χ2n) is 1.03. The standard InChI is InChI=1S/2C2H4O2.Pb/c2*1-2(3)4;/h2*1H3,(H,3,4);/q;;+2/p-2/i2*1D;. The van der Waals surface area contributed by atoms with Crippen molar-refractivity contribution in [3.63, 3.8) is 0 Å². The van der Waals surface area contributed by atoms with Crippen LogP contribution in [0.25, 0.3) is 0 Å². The molecular formula is C4H6O4Pb. The maximum absolute atomic E-state index is 10.3. The van der Waals surface area contributed by atoms with E-state index in [4.69, 9.17) is 2.74 Å². The van der Waals surface area contributed by atoms with Crippen molar-refractivity contribution in [3.8, 4) is 0 Å². The van der Waals surface area contributed by atoms with Crippen LogP contribution in [0.2, 0.25) is 0 Å². The van der Waals surface area contributed by atoms with E-state index in [1.165, 1.54) is 0 Å². The van der Waals surface area contributed by atoms with Gasteiger partial charge in [-0.25, -0.2) is 0 Å². The van der Waals surface area contributed by atoms with Gasteiger partial charge in [-0.1, -0.05) is 0 Å². The zero-order valence-electron chi connectivity index (χ0n) is 6.55. The Morgan fingerprint density at radius 1 is 1.33 bits per heavy atom. The molecule has 0 aromatic heterocycles. The van der Waals surface area contributed by atoms with Crippen LogP contribution >= 0.6 is 0 Å². The van der Waals surface area contributed by atoms with Gasteiger partial charge in [0.25, 0.3) is 0 Å². The van der Waals surface area contributed by atoms with Crippen LogP contribution in [-0.4, -0.2) is 37.1 Å². The predicted octanol–water partition coefficient (Wildman–Crippen LogP) is -0.353. The molecule has 0 unspecified atom stereocenters. The summed E-state index contributed by atoms with van der Waals surface area (Å²) in [6, 6.07) is 0. The van der Waals surface area contributed by atoms with Crippen LogP contribution in [0.4, 0.5) is 0 Å². The van der Waals surface area contributed by atoms with E-state index < -0.39 is 50.9 Å². The molecule has 0 rings (SSSR count). The van der Waals surface area contributed by atoms with Gasteiger partial charge in [0.05, 0.1) is 0 Å². The topological polar surface area (TPSA) is 52.6 Å². The van der Waals surface area contributed by atoms with Crippen LogP contribution in [0.1, 0.15) is 16.5 Å². The molecule has 0 bridgehead atoms. The van der Waals surface area contributed by atoms with Crippen molar-refractivity contribution in [2.24, 2.45) is 0 Å². The molecule has 0 aliphatic rings. The predicted molar refractivity (Wildman–Crippen MR) is 29.3 cm³/mol. The summed E-state index contributed by atoms with van der Waals surface area (Å²) in [7, 11) is 0. The quantitative estimate of drug-likeness (QED) is 0.651.